The molecule has 1 aliphatic carbocycles. The van der Waals surface area contributed by atoms with E-state index in [1.165, 1.54) is 81.1 Å². The molecule has 3 aromatic heterocycles. The SMILES string of the molecule is CC1(C)c2ccccc2-c2ccc(N(c3ccc(-c4ccc(-n5c6ccccc6c6c7c(ccc65)oc5ccccc57)cc4)cc3)c3ccc(-c4cc5ccccc5s4)cc3)cc21. The fraction of sp³-hybridized carbons (Fsp3) is 0.0508. The molecule has 0 spiro atoms. The van der Waals surface area contributed by atoms with Gasteiger partial charge in [0.25, 0.3) is 0 Å². The van der Waals surface area contributed by atoms with Gasteiger partial charge in [-0.25, -0.2) is 0 Å². The minimum Gasteiger partial charge on any atom is -0.456 e. The van der Waals surface area contributed by atoms with Gasteiger partial charge in [0, 0.05) is 59.3 Å². The molecule has 9 aromatic carbocycles. The molecule has 63 heavy (non-hydrogen) atoms. The third-order valence-corrected chi connectivity index (χ3v) is 14.6. The monoisotopic (exact) mass is 824 g/mol. The fourth-order valence-electron chi connectivity index (χ4n) is 10.3. The van der Waals surface area contributed by atoms with Gasteiger partial charge >= 0.3 is 0 Å². The van der Waals surface area contributed by atoms with Crippen LogP contribution < -0.4 is 4.90 Å². The summed E-state index contributed by atoms with van der Waals surface area (Å²) < 4.78 is 10.0. The topological polar surface area (TPSA) is 21.3 Å². The Morgan fingerprint density at radius 3 is 1.89 bits per heavy atom. The van der Waals surface area contributed by atoms with Crippen molar-refractivity contribution in [2.75, 3.05) is 4.90 Å². The van der Waals surface area contributed by atoms with Crippen molar-refractivity contribution in [3.8, 4) is 38.4 Å². The van der Waals surface area contributed by atoms with Gasteiger partial charge in [-0.1, -0.05) is 135 Å². The van der Waals surface area contributed by atoms with Crippen LogP contribution in [-0.2, 0) is 5.41 Å². The molecule has 0 aliphatic heterocycles. The Bertz CT molecular complexity index is 3720. The van der Waals surface area contributed by atoms with Gasteiger partial charge in [0.2, 0.25) is 0 Å². The smallest absolute Gasteiger partial charge is 0.136 e. The maximum Gasteiger partial charge on any atom is 0.136 e. The van der Waals surface area contributed by atoms with Crippen LogP contribution in [0.5, 0.6) is 0 Å². The van der Waals surface area contributed by atoms with Crippen molar-refractivity contribution in [3.05, 3.63) is 217 Å². The molecule has 1 aliphatic rings. The van der Waals surface area contributed by atoms with Gasteiger partial charge in [-0.3, -0.25) is 0 Å². The minimum atomic E-state index is -0.103. The van der Waals surface area contributed by atoms with E-state index >= 15 is 0 Å². The van der Waals surface area contributed by atoms with Crippen LogP contribution in [0, 0.1) is 0 Å². The lowest BCUT2D eigenvalue weighted by Crippen LogP contribution is -2.16. The van der Waals surface area contributed by atoms with Crippen LogP contribution in [0.4, 0.5) is 17.1 Å². The first kappa shape index (κ1) is 36.0. The summed E-state index contributed by atoms with van der Waals surface area (Å²) in [5, 5.41) is 6.05. The fourth-order valence-corrected chi connectivity index (χ4v) is 11.4. The van der Waals surface area contributed by atoms with Gasteiger partial charge in [0.1, 0.15) is 11.2 Å². The highest BCUT2D eigenvalue weighted by atomic mass is 32.1. The van der Waals surface area contributed by atoms with Gasteiger partial charge < -0.3 is 13.9 Å². The third-order valence-electron chi connectivity index (χ3n) is 13.4. The molecule has 3 heterocycles. The first-order chi connectivity index (χ1) is 31.0. The first-order valence-corrected chi connectivity index (χ1v) is 22.5. The van der Waals surface area contributed by atoms with Crippen LogP contribution in [0.3, 0.4) is 0 Å². The summed E-state index contributed by atoms with van der Waals surface area (Å²) in [4.78, 5) is 3.69. The molecule has 0 bridgehead atoms. The van der Waals surface area contributed by atoms with Gasteiger partial charge in [-0.15, -0.1) is 11.3 Å². The van der Waals surface area contributed by atoms with Gasteiger partial charge in [0.05, 0.1) is 11.0 Å². The Kier molecular flexibility index (Phi) is 7.82. The summed E-state index contributed by atoms with van der Waals surface area (Å²) in [6, 6.07) is 75.4. The molecule has 298 valence electrons. The molecule has 0 N–H and O–H groups in total. The normalized spacial score (nSPS) is 13.0. The highest BCUT2D eigenvalue weighted by molar-refractivity contribution is 7.22. The molecule has 0 radical (unpaired) electrons. The number of anilines is 3. The molecule has 0 unspecified atom stereocenters. The number of aromatic nitrogens is 1. The van der Waals surface area contributed by atoms with E-state index < -0.39 is 0 Å². The maximum atomic E-state index is 6.32. The lowest BCUT2D eigenvalue weighted by atomic mass is 9.82. The number of nitrogens with zero attached hydrogens (tertiary/aromatic N) is 2. The number of thiophene rings is 1. The average Bonchev–Trinajstić information content (AvgIpc) is 4.08. The number of furan rings is 1. The Balaban J connectivity index is 0.879. The van der Waals surface area contributed by atoms with Gasteiger partial charge in [-0.05, 0) is 129 Å². The van der Waals surface area contributed by atoms with E-state index in [4.69, 9.17) is 4.42 Å². The summed E-state index contributed by atoms with van der Waals surface area (Å²) >= 11 is 1.85. The Morgan fingerprint density at radius 1 is 0.460 bits per heavy atom. The maximum absolute atomic E-state index is 6.32. The lowest BCUT2D eigenvalue weighted by molar-refractivity contribution is 0.660. The van der Waals surface area contributed by atoms with Crippen LogP contribution in [0.1, 0.15) is 25.0 Å². The van der Waals surface area contributed by atoms with Crippen LogP contribution in [0.25, 0.3) is 92.2 Å². The van der Waals surface area contributed by atoms with Crippen molar-refractivity contribution in [1.82, 2.24) is 4.57 Å². The predicted octanol–water partition coefficient (Wildman–Crippen LogP) is 17.0. The highest BCUT2D eigenvalue weighted by Crippen LogP contribution is 2.51. The summed E-state index contributed by atoms with van der Waals surface area (Å²) in [5.74, 6) is 0. The predicted molar refractivity (Wildman–Crippen MR) is 267 cm³/mol. The second-order valence-electron chi connectivity index (χ2n) is 17.3. The van der Waals surface area contributed by atoms with Crippen molar-refractivity contribution in [2.45, 2.75) is 19.3 Å². The number of benzene rings is 9. The molecular formula is C59H40N2OS. The van der Waals surface area contributed by atoms with Crippen molar-refractivity contribution in [1.29, 1.82) is 0 Å². The Morgan fingerprint density at radius 2 is 1.10 bits per heavy atom. The highest BCUT2D eigenvalue weighted by Gasteiger charge is 2.35. The van der Waals surface area contributed by atoms with E-state index in [0.717, 1.165) is 39.3 Å². The largest absolute Gasteiger partial charge is 0.456 e. The molecule has 0 atom stereocenters. The lowest BCUT2D eigenvalue weighted by Gasteiger charge is -2.28. The van der Waals surface area contributed by atoms with Crippen LogP contribution in [0.15, 0.2) is 211 Å². The zero-order valence-corrected chi connectivity index (χ0v) is 35.7. The molecule has 0 saturated carbocycles. The second-order valence-corrected chi connectivity index (χ2v) is 18.4. The molecule has 0 fully saturated rings. The minimum absolute atomic E-state index is 0.103. The standard InChI is InChI=1S/C59H40N2OS/c1-59(2)49-15-7-4-12-45(49)46-32-31-44(36-50(46)59)60(42-29-23-39(24-30-42)56-35-40-11-3-10-18-55(40)63-56)41-25-19-37(20-26-41)38-21-27-43(28-22-38)61-51-16-8-5-13-47(51)57-52(61)33-34-54-58(57)48-14-6-9-17-53(48)62-54/h3-36H,1-2H3. The molecule has 13 rings (SSSR count). The number of rotatable bonds is 6. The van der Waals surface area contributed by atoms with Crippen LogP contribution in [0.2, 0.25) is 0 Å². The quantitative estimate of drug-likeness (QED) is 0.167. The summed E-state index contributed by atoms with van der Waals surface area (Å²) in [7, 11) is 0. The van der Waals surface area contributed by atoms with Crippen molar-refractivity contribution in [2.24, 2.45) is 0 Å². The zero-order valence-electron chi connectivity index (χ0n) is 34.8. The van der Waals surface area contributed by atoms with E-state index in [1.807, 2.05) is 17.4 Å². The summed E-state index contributed by atoms with van der Waals surface area (Å²) in [5.41, 5.74) is 17.6. The summed E-state index contributed by atoms with van der Waals surface area (Å²) in [6.45, 7) is 4.71. The van der Waals surface area contributed by atoms with Crippen molar-refractivity contribution in [3.63, 3.8) is 0 Å². The van der Waals surface area contributed by atoms with Crippen LogP contribution >= 0.6 is 11.3 Å². The van der Waals surface area contributed by atoms with Crippen molar-refractivity contribution < 1.29 is 4.42 Å². The van der Waals surface area contributed by atoms with E-state index in [0.29, 0.717) is 0 Å². The van der Waals surface area contributed by atoms with E-state index in [1.54, 1.807) is 0 Å². The number of para-hydroxylation sites is 2. The van der Waals surface area contributed by atoms with Gasteiger partial charge in [-0.2, -0.15) is 0 Å². The first-order valence-electron chi connectivity index (χ1n) is 21.7. The molecule has 0 saturated heterocycles. The molecule has 12 aromatic rings. The van der Waals surface area contributed by atoms with Crippen molar-refractivity contribution >= 4 is 82.2 Å². The van der Waals surface area contributed by atoms with E-state index in [-0.39, 0.29) is 5.41 Å². The Hall–Kier alpha value is -7.66. The average molecular weight is 825 g/mol. The third kappa shape index (κ3) is 5.51. The zero-order chi connectivity index (χ0) is 41.8. The molecule has 0 amide bonds. The van der Waals surface area contributed by atoms with E-state index in [2.05, 4.69) is 224 Å². The number of fused-ring (bicyclic) bond motifs is 11. The number of hydrogen-bond acceptors (Lipinski definition) is 3. The Labute approximate surface area is 369 Å². The number of hydrogen-bond donors (Lipinski definition) is 0. The second kappa shape index (κ2) is 13.7. The molecular weight excluding hydrogens is 785 g/mol. The molecule has 3 nitrogen and oxygen atoms in total. The molecule has 4 heteroatoms. The van der Waals surface area contributed by atoms with Gasteiger partial charge in [0.15, 0.2) is 0 Å². The van der Waals surface area contributed by atoms with E-state index in [9.17, 15) is 0 Å². The van der Waals surface area contributed by atoms with Crippen LogP contribution in [-0.4, -0.2) is 4.57 Å². The summed E-state index contributed by atoms with van der Waals surface area (Å²) in [6.07, 6.45) is 0.